The van der Waals surface area contributed by atoms with Gasteiger partial charge in [-0.25, -0.2) is 4.39 Å². The van der Waals surface area contributed by atoms with Crippen molar-refractivity contribution in [2.24, 2.45) is 0 Å². The number of nitrogens with zero attached hydrogens (tertiary/aromatic N) is 4. The third-order valence-corrected chi connectivity index (χ3v) is 8.41. The molecule has 0 unspecified atom stereocenters. The number of hydrogen-bond acceptors (Lipinski definition) is 5. The van der Waals surface area contributed by atoms with Gasteiger partial charge in [0.05, 0.1) is 18.2 Å². The van der Waals surface area contributed by atoms with E-state index < -0.39 is 0 Å². The summed E-state index contributed by atoms with van der Waals surface area (Å²) in [5.41, 5.74) is 5.73. The summed E-state index contributed by atoms with van der Waals surface area (Å²) in [6, 6.07) is 21.8. The molecular formula is C32H37FN4O2. The molecule has 2 heterocycles. The first kappa shape index (κ1) is 26.0. The first-order valence-electron chi connectivity index (χ1n) is 14.1. The Hall–Kier alpha value is -3.26. The average molecular weight is 529 g/mol. The van der Waals surface area contributed by atoms with Gasteiger partial charge < -0.3 is 19.4 Å². The molecule has 0 saturated carbocycles. The Kier molecular flexibility index (Phi) is 7.64. The SMILES string of the molecule is CN1CCN(CCCOc2cc(F)ccc2C(=O)N2CCN(C3c4ccccc4-c4ccccc43)CC2)CC1. The number of benzene rings is 3. The minimum atomic E-state index is -0.385. The summed E-state index contributed by atoms with van der Waals surface area (Å²) in [4.78, 5) is 22.7. The maximum absolute atomic E-state index is 14.1. The number of ether oxygens (including phenoxy) is 1. The van der Waals surface area contributed by atoms with Crippen molar-refractivity contribution in [3.8, 4) is 16.9 Å². The van der Waals surface area contributed by atoms with Crippen LogP contribution in [-0.4, -0.2) is 98.1 Å². The first-order chi connectivity index (χ1) is 19.1. The summed E-state index contributed by atoms with van der Waals surface area (Å²) in [6.07, 6.45) is 0.844. The van der Waals surface area contributed by atoms with Gasteiger partial charge in [-0.05, 0) is 47.9 Å². The molecule has 0 aromatic heterocycles. The fourth-order valence-corrected chi connectivity index (χ4v) is 6.21. The van der Waals surface area contributed by atoms with Crippen LogP contribution in [0.4, 0.5) is 4.39 Å². The second kappa shape index (κ2) is 11.5. The van der Waals surface area contributed by atoms with Crippen molar-refractivity contribution in [3.05, 3.63) is 89.2 Å². The highest BCUT2D eigenvalue weighted by atomic mass is 19.1. The Morgan fingerprint density at radius 3 is 2.15 bits per heavy atom. The predicted molar refractivity (Wildman–Crippen MR) is 152 cm³/mol. The molecule has 3 aliphatic rings. The standard InChI is InChI=1S/C32H37FN4O2/c1-34-14-16-35(17-15-34)13-6-22-39-30-23-24(33)11-12-29(30)32(38)37-20-18-36(19-21-37)31-27-9-4-2-7-25(27)26-8-3-5-10-28(26)31/h2-5,7-12,23,31H,6,13-22H2,1H3. The summed E-state index contributed by atoms with van der Waals surface area (Å²) >= 11 is 0. The number of likely N-dealkylation sites (N-methyl/N-ethyl adjacent to an activating group) is 1. The number of piperazine rings is 2. The molecule has 1 amide bonds. The third kappa shape index (κ3) is 5.44. The molecule has 3 aromatic carbocycles. The van der Waals surface area contributed by atoms with Gasteiger partial charge >= 0.3 is 0 Å². The molecular weight excluding hydrogens is 491 g/mol. The molecule has 0 spiro atoms. The molecule has 3 aromatic rings. The fraction of sp³-hybridized carbons (Fsp3) is 0.406. The van der Waals surface area contributed by atoms with Gasteiger partial charge in [-0.1, -0.05) is 48.5 Å². The van der Waals surface area contributed by atoms with Crippen molar-refractivity contribution in [1.29, 1.82) is 0 Å². The lowest BCUT2D eigenvalue weighted by Crippen LogP contribution is -2.49. The minimum Gasteiger partial charge on any atom is -0.493 e. The largest absolute Gasteiger partial charge is 0.493 e. The summed E-state index contributed by atoms with van der Waals surface area (Å²) < 4.78 is 20.1. The summed E-state index contributed by atoms with van der Waals surface area (Å²) in [6.45, 7) is 8.50. The monoisotopic (exact) mass is 528 g/mol. The molecule has 0 bridgehead atoms. The average Bonchev–Trinajstić information content (AvgIpc) is 3.31. The van der Waals surface area contributed by atoms with Gasteiger partial charge in [-0.2, -0.15) is 0 Å². The highest BCUT2D eigenvalue weighted by Gasteiger charge is 2.35. The Bertz CT molecular complexity index is 1270. The lowest BCUT2D eigenvalue weighted by atomic mass is 10.0. The number of halogens is 1. The number of hydrogen-bond donors (Lipinski definition) is 0. The van der Waals surface area contributed by atoms with Crippen LogP contribution in [0, 0.1) is 5.82 Å². The number of rotatable bonds is 7. The predicted octanol–water partition coefficient (Wildman–Crippen LogP) is 4.37. The lowest BCUT2D eigenvalue weighted by molar-refractivity contribution is 0.0595. The van der Waals surface area contributed by atoms with Crippen LogP contribution in [0.15, 0.2) is 66.7 Å². The number of fused-ring (bicyclic) bond motifs is 3. The van der Waals surface area contributed by atoms with E-state index in [0.29, 0.717) is 31.0 Å². The summed E-state index contributed by atoms with van der Waals surface area (Å²) in [5.74, 6) is -0.126. The highest BCUT2D eigenvalue weighted by Crippen LogP contribution is 2.46. The van der Waals surface area contributed by atoms with Crippen molar-refractivity contribution in [1.82, 2.24) is 19.6 Å². The molecule has 7 heteroatoms. The van der Waals surface area contributed by atoms with Crippen molar-refractivity contribution in [3.63, 3.8) is 0 Å². The van der Waals surface area contributed by atoms with Gasteiger partial charge in [0.15, 0.2) is 0 Å². The third-order valence-electron chi connectivity index (χ3n) is 8.41. The van der Waals surface area contributed by atoms with E-state index in [0.717, 1.165) is 52.2 Å². The fourth-order valence-electron chi connectivity index (χ4n) is 6.21. The van der Waals surface area contributed by atoms with Crippen LogP contribution in [0.2, 0.25) is 0 Å². The quantitative estimate of drug-likeness (QED) is 0.426. The summed E-state index contributed by atoms with van der Waals surface area (Å²) in [5, 5.41) is 0. The van der Waals surface area contributed by atoms with Crippen molar-refractivity contribution < 1.29 is 13.9 Å². The van der Waals surface area contributed by atoms with E-state index in [9.17, 15) is 9.18 Å². The second-order valence-electron chi connectivity index (χ2n) is 10.9. The Labute approximate surface area is 230 Å². The van der Waals surface area contributed by atoms with E-state index in [2.05, 4.69) is 70.3 Å². The molecule has 6 nitrogen and oxygen atoms in total. The normalized spacial score (nSPS) is 18.7. The Morgan fingerprint density at radius 1 is 0.846 bits per heavy atom. The molecule has 0 atom stereocenters. The molecule has 2 aliphatic heterocycles. The van der Waals surface area contributed by atoms with Crippen molar-refractivity contribution in [2.75, 3.05) is 72.6 Å². The van der Waals surface area contributed by atoms with E-state index in [1.807, 2.05) is 4.90 Å². The molecule has 1 aliphatic carbocycles. The van der Waals surface area contributed by atoms with E-state index in [1.165, 1.54) is 34.4 Å². The zero-order chi connectivity index (χ0) is 26.8. The molecule has 0 radical (unpaired) electrons. The smallest absolute Gasteiger partial charge is 0.257 e. The number of carbonyl (C=O) groups excluding carboxylic acids is 1. The van der Waals surface area contributed by atoms with Gasteiger partial charge in [0, 0.05) is 65.0 Å². The van der Waals surface area contributed by atoms with Crippen LogP contribution in [0.25, 0.3) is 11.1 Å². The van der Waals surface area contributed by atoms with Crippen LogP contribution in [0.1, 0.15) is 33.9 Å². The number of amides is 1. The van der Waals surface area contributed by atoms with Crippen molar-refractivity contribution in [2.45, 2.75) is 12.5 Å². The zero-order valence-electron chi connectivity index (χ0n) is 22.7. The van der Waals surface area contributed by atoms with Crippen LogP contribution >= 0.6 is 0 Å². The van der Waals surface area contributed by atoms with Crippen LogP contribution in [0.5, 0.6) is 5.75 Å². The molecule has 2 saturated heterocycles. The summed E-state index contributed by atoms with van der Waals surface area (Å²) in [7, 11) is 2.15. The maximum Gasteiger partial charge on any atom is 0.257 e. The first-order valence-corrected chi connectivity index (χ1v) is 14.1. The van der Waals surface area contributed by atoms with Crippen LogP contribution < -0.4 is 4.74 Å². The van der Waals surface area contributed by atoms with Gasteiger partial charge in [0.25, 0.3) is 5.91 Å². The van der Waals surface area contributed by atoms with Gasteiger partial charge in [-0.15, -0.1) is 0 Å². The van der Waals surface area contributed by atoms with E-state index in [1.54, 1.807) is 6.07 Å². The Balaban J connectivity index is 1.08. The zero-order valence-corrected chi connectivity index (χ0v) is 22.7. The molecule has 6 rings (SSSR count). The van der Waals surface area contributed by atoms with E-state index >= 15 is 0 Å². The molecule has 204 valence electrons. The second-order valence-corrected chi connectivity index (χ2v) is 10.9. The van der Waals surface area contributed by atoms with Crippen LogP contribution in [0.3, 0.4) is 0 Å². The molecule has 0 N–H and O–H groups in total. The van der Waals surface area contributed by atoms with Gasteiger partial charge in [-0.3, -0.25) is 9.69 Å². The van der Waals surface area contributed by atoms with Gasteiger partial charge in [0.1, 0.15) is 11.6 Å². The highest BCUT2D eigenvalue weighted by molar-refractivity contribution is 5.97. The van der Waals surface area contributed by atoms with Gasteiger partial charge in [0.2, 0.25) is 0 Å². The van der Waals surface area contributed by atoms with Crippen LogP contribution in [-0.2, 0) is 0 Å². The van der Waals surface area contributed by atoms with E-state index in [4.69, 9.17) is 4.74 Å². The minimum absolute atomic E-state index is 0.0871. The number of carbonyl (C=O) groups is 1. The Morgan fingerprint density at radius 2 is 1.49 bits per heavy atom. The lowest BCUT2D eigenvalue weighted by Gasteiger charge is -2.39. The van der Waals surface area contributed by atoms with E-state index in [-0.39, 0.29) is 17.8 Å². The van der Waals surface area contributed by atoms with Crippen molar-refractivity contribution >= 4 is 5.91 Å². The molecule has 39 heavy (non-hydrogen) atoms. The molecule has 2 fully saturated rings. The topological polar surface area (TPSA) is 39.3 Å². The maximum atomic E-state index is 14.1.